The van der Waals surface area contributed by atoms with Crippen LogP contribution in [0.25, 0.3) is 33.5 Å². The summed E-state index contributed by atoms with van der Waals surface area (Å²) >= 11 is 0. The topological polar surface area (TPSA) is 12.9 Å². The predicted molar refractivity (Wildman–Crippen MR) is 113 cm³/mol. The van der Waals surface area contributed by atoms with Crippen molar-refractivity contribution in [2.75, 3.05) is 0 Å². The third-order valence-corrected chi connectivity index (χ3v) is 5.74. The number of benzene rings is 3. The molecule has 130 valence electrons. The van der Waals surface area contributed by atoms with Crippen molar-refractivity contribution in [3.63, 3.8) is 0 Å². The number of aromatic nitrogens is 1. The van der Waals surface area contributed by atoms with E-state index >= 15 is 0 Å². The Morgan fingerprint density at radius 2 is 1.33 bits per heavy atom. The minimum atomic E-state index is 0.0558. The van der Waals surface area contributed by atoms with Gasteiger partial charge >= 0.3 is 0 Å². The molecule has 0 bridgehead atoms. The number of rotatable bonds is 2. The zero-order chi connectivity index (χ0) is 18.4. The number of fused-ring (bicyclic) bond motifs is 3. The lowest BCUT2D eigenvalue weighted by molar-refractivity contribution is 0.660. The molecule has 1 aromatic heterocycles. The van der Waals surface area contributed by atoms with Gasteiger partial charge in [0.25, 0.3) is 0 Å². The summed E-state index contributed by atoms with van der Waals surface area (Å²) in [6.45, 7) is 4.64. The summed E-state index contributed by atoms with van der Waals surface area (Å²) in [5, 5.41) is 0. The zero-order valence-electron chi connectivity index (χ0n) is 15.6. The van der Waals surface area contributed by atoms with Crippen LogP contribution in [-0.4, -0.2) is 4.98 Å². The second-order valence-electron chi connectivity index (χ2n) is 7.73. The summed E-state index contributed by atoms with van der Waals surface area (Å²) in [7, 11) is 0. The highest BCUT2D eigenvalue weighted by atomic mass is 14.7. The van der Waals surface area contributed by atoms with Gasteiger partial charge in [0.2, 0.25) is 0 Å². The fourth-order valence-corrected chi connectivity index (χ4v) is 4.29. The molecular formula is C26H21N. The van der Waals surface area contributed by atoms with Crippen LogP contribution in [0.4, 0.5) is 0 Å². The molecule has 27 heavy (non-hydrogen) atoms. The summed E-state index contributed by atoms with van der Waals surface area (Å²) in [6, 6.07) is 30.4. The SMILES string of the molecule is CC1(C)c2ccccc2-c2cc(-c3cccc(-c4ccccn4)c3)ccc21. The van der Waals surface area contributed by atoms with Gasteiger partial charge in [-0.15, -0.1) is 0 Å². The molecule has 0 radical (unpaired) electrons. The van der Waals surface area contributed by atoms with Crippen molar-refractivity contribution >= 4 is 0 Å². The highest BCUT2D eigenvalue weighted by Gasteiger charge is 2.34. The Labute approximate surface area is 160 Å². The Bertz CT molecular complexity index is 1140. The quantitative estimate of drug-likeness (QED) is 0.392. The molecule has 0 saturated heterocycles. The van der Waals surface area contributed by atoms with Gasteiger partial charge in [0, 0.05) is 17.2 Å². The molecule has 5 rings (SSSR count). The molecule has 1 heterocycles. The first-order valence-electron chi connectivity index (χ1n) is 9.41. The maximum absolute atomic E-state index is 4.49. The van der Waals surface area contributed by atoms with Gasteiger partial charge in [-0.25, -0.2) is 0 Å². The Morgan fingerprint density at radius 1 is 0.593 bits per heavy atom. The van der Waals surface area contributed by atoms with Crippen molar-refractivity contribution in [2.45, 2.75) is 19.3 Å². The van der Waals surface area contributed by atoms with Gasteiger partial charge in [0.05, 0.1) is 5.69 Å². The second-order valence-corrected chi connectivity index (χ2v) is 7.73. The van der Waals surface area contributed by atoms with E-state index in [0.29, 0.717) is 0 Å². The monoisotopic (exact) mass is 347 g/mol. The van der Waals surface area contributed by atoms with Crippen molar-refractivity contribution in [3.05, 3.63) is 102 Å². The summed E-state index contributed by atoms with van der Waals surface area (Å²) in [5.41, 5.74) is 10.2. The average Bonchev–Trinajstić information content (AvgIpc) is 2.96. The van der Waals surface area contributed by atoms with Crippen molar-refractivity contribution in [1.29, 1.82) is 0 Å². The van der Waals surface area contributed by atoms with E-state index in [4.69, 9.17) is 0 Å². The lowest BCUT2D eigenvalue weighted by atomic mass is 9.82. The van der Waals surface area contributed by atoms with Gasteiger partial charge < -0.3 is 0 Å². The van der Waals surface area contributed by atoms with Crippen LogP contribution in [0.15, 0.2) is 91.1 Å². The molecule has 1 aliphatic rings. The smallest absolute Gasteiger partial charge is 0.0702 e. The number of pyridine rings is 1. The van der Waals surface area contributed by atoms with Crippen LogP contribution in [0.1, 0.15) is 25.0 Å². The Balaban J connectivity index is 1.64. The lowest BCUT2D eigenvalue weighted by Gasteiger charge is -2.21. The van der Waals surface area contributed by atoms with Crippen LogP contribution in [0, 0.1) is 0 Å². The average molecular weight is 347 g/mol. The van der Waals surface area contributed by atoms with E-state index in [2.05, 4.69) is 91.6 Å². The van der Waals surface area contributed by atoms with Crippen LogP contribution in [-0.2, 0) is 5.41 Å². The first kappa shape index (κ1) is 16.0. The van der Waals surface area contributed by atoms with Gasteiger partial charge in [-0.1, -0.05) is 74.5 Å². The first-order valence-corrected chi connectivity index (χ1v) is 9.41. The fraction of sp³-hybridized carbons (Fsp3) is 0.115. The maximum Gasteiger partial charge on any atom is 0.0702 e. The molecule has 0 fully saturated rings. The largest absolute Gasteiger partial charge is 0.256 e. The first-order chi connectivity index (χ1) is 13.1. The summed E-state index contributed by atoms with van der Waals surface area (Å²) in [4.78, 5) is 4.49. The highest BCUT2D eigenvalue weighted by Crippen LogP contribution is 2.49. The molecule has 0 unspecified atom stereocenters. The standard InChI is InChI=1S/C26H21N/c1-26(2)23-11-4-3-10-21(23)22-17-19(13-14-24(22)26)18-8-7-9-20(16-18)25-12-5-6-15-27-25/h3-17H,1-2H3. The van der Waals surface area contributed by atoms with Crippen molar-refractivity contribution in [1.82, 2.24) is 4.98 Å². The van der Waals surface area contributed by atoms with Gasteiger partial charge in [-0.3, -0.25) is 4.98 Å². The number of hydrogen-bond donors (Lipinski definition) is 0. The summed E-state index contributed by atoms with van der Waals surface area (Å²) in [6.07, 6.45) is 1.84. The Kier molecular flexibility index (Phi) is 3.51. The van der Waals surface area contributed by atoms with Crippen molar-refractivity contribution in [3.8, 4) is 33.5 Å². The van der Waals surface area contributed by atoms with E-state index < -0.39 is 0 Å². The molecule has 1 heteroatoms. The number of hydrogen-bond acceptors (Lipinski definition) is 1. The zero-order valence-corrected chi connectivity index (χ0v) is 15.6. The number of nitrogens with zero attached hydrogens (tertiary/aromatic N) is 1. The van der Waals surface area contributed by atoms with Crippen LogP contribution in [0.2, 0.25) is 0 Å². The van der Waals surface area contributed by atoms with Gasteiger partial charge in [-0.2, -0.15) is 0 Å². The molecule has 0 saturated carbocycles. The van der Waals surface area contributed by atoms with Crippen molar-refractivity contribution in [2.24, 2.45) is 0 Å². The molecule has 3 aromatic carbocycles. The van der Waals surface area contributed by atoms with E-state index in [9.17, 15) is 0 Å². The molecule has 1 aliphatic carbocycles. The molecule has 0 spiro atoms. The third kappa shape index (κ3) is 2.50. The van der Waals surface area contributed by atoms with Crippen molar-refractivity contribution < 1.29 is 0 Å². The Morgan fingerprint density at radius 3 is 2.19 bits per heavy atom. The molecular weight excluding hydrogens is 326 g/mol. The second kappa shape index (κ2) is 5.92. The molecule has 0 aliphatic heterocycles. The van der Waals surface area contributed by atoms with Gasteiger partial charge in [-0.05, 0) is 57.6 Å². The highest BCUT2D eigenvalue weighted by molar-refractivity contribution is 5.85. The Hall–Kier alpha value is -3.19. The van der Waals surface area contributed by atoms with E-state index in [1.807, 2.05) is 18.3 Å². The predicted octanol–water partition coefficient (Wildman–Crippen LogP) is 6.72. The van der Waals surface area contributed by atoms with Crippen LogP contribution >= 0.6 is 0 Å². The normalized spacial score (nSPS) is 13.9. The minimum absolute atomic E-state index is 0.0558. The maximum atomic E-state index is 4.49. The lowest BCUT2D eigenvalue weighted by Crippen LogP contribution is -2.14. The summed E-state index contributed by atoms with van der Waals surface area (Å²) < 4.78 is 0. The van der Waals surface area contributed by atoms with E-state index in [1.54, 1.807) is 0 Å². The minimum Gasteiger partial charge on any atom is -0.256 e. The fourth-order valence-electron chi connectivity index (χ4n) is 4.29. The third-order valence-electron chi connectivity index (χ3n) is 5.74. The molecule has 1 nitrogen and oxygen atoms in total. The van der Waals surface area contributed by atoms with Crippen LogP contribution in [0.5, 0.6) is 0 Å². The molecule has 0 amide bonds. The molecule has 0 N–H and O–H groups in total. The van der Waals surface area contributed by atoms with E-state index in [0.717, 1.165) is 11.3 Å². The van der Waals surface area contributed by atoms with E-state index in [1.165, 1.54) is 33.4 Å². The van der Waals surface area contributed by atoms with E-state index in [-0.39, 0.29) is 5.41 Å². The van der Waals surface area contributed by atoms with Crippen LogP contribution in [0.3, 0.4) is 0 Å². The van der Waals surface area contributed by atoms with Gasteiger partial charge in [0.15, 0.2) is 0 Å². The molecule has 0 atom stereocenters. The van der Waals surface area contributed by atoms with Gasteiger partial charge in [0.1, 0.15) is 0 Å². The van der Waals surface area contributed by atoms with Crippen LogP contribution < -0.4 is 0 Å². The summed E-state index contributed by atoms with van der Waals surface area (Å²) in [5.74, 6) is 0. The molecule has 4 aromatic rings.